The fraction of sp³-hybridized carbons (Fsp3) is 0.500. The van der Waals surface area contributed by atoms with Crippen molar-refractivity contribution < 1.29 is 33.6 Å². The number of ether oxygens (including phenoxy) is 5. The summed E-state index contributed by atoms with van der Waals surface area (Å²) in [5.41, 5.74) is 5.06. The Morgan fingerprint density at radius 2 is 1.64 bits per heavy atom. The van der Waals surface area contributed by atoms with Gasteiger partial charge in [-0.2, -0.15) is 0 Å². The summed E-state index contributed by atoms with van der Waals surface area (Å²) in [7, 11) is 7.85. The minimum Gasteiger partial charge on any atom is -0.463 e. The van der Waals surface area contributed by atoms with Crippen LogP contribution in [0.4, 0.5) is 10.5 Å². The van der Waals surface area contributed by atoms with E-state index >= 15 is 0 Å². The van der Waals surface area contributed by atoms with Crippen LogP contribution in [0.2, 0.25) is 0 Å². The number of carbonyl (C=O) groups is 1. The van der Waals surface area contributed by atoms with E-state index in [2.05, 4.69) is 57.5 Å². The van der Waals surface area contributed by atoms with E-state index in [1.165, 1.54) is 12.8 Å². The number of aliphatic hydroxyl groups excluding tert-OH is 1. The summed E-state index contributed by atoms with van der Waals surface area (Å²) in [6, 6.07) is 24.5. The number of methoxy groups -OCH3 is 1. The largest absolute Gasteiger partial charge is 0.463 e. The van der Waals surface area contributed by atoms with Crippen molar-refractivity contribution in [1.29, 1.82) is 0 Å². The zero-order chi connectivity index (χ0) is 33.9. The lowest BCUT2D eigenvalue weighted by molar-refractivity contribution is -0.180. The van der Waals surface area contributed by atoms with Crippen LogP contribution in [0.25, 0.3) is 0 Å². The molecule has 3 aromatic carbocycles. The number of carbonyl (C=O) groups excluding carboxylic acids is 1. The lowest BCUT2D eigenvalue weighted by Crippen LogP contribution is -2.36. The van der Waals surface area contributed by atoms with E-state index in [1.54, 1.807) is 4.90 Å². The molecule has 9 nitrogen and oxygen atoms in total. The van der Waals surface area contributed by atoms with Crippen molar-refractivity contribution in [3.63, 3.8) is 0 Å². The van der Waals surface area contributed by atoms with E-state index in [4.69, 9.17) is 23.7 Å². The first-order valence-electron chi connectivity index (χ1n) is 16.6. The van der Waals surface area contributed by atoms with Gasteiger partial charge in [-0.15, -0.1) is 0 Å². The number of benzene rings is 3. The van der Waals surface area contributed by atoms with E-state index in [0.29, 0.717) is 38.5 Å². The van der Waals surface area contributed by atoms with Crippen LogP contribution in [-0.4, -0.2) is 83.0 Å². The van der Waals surface area contributed by atoms with Crippen molar-refractivity contribution in [1.82, 2.24) is 9.38 Å². The molecule has 0 spiro atoms. The van der Waals surface area contributed by atoms with Gasteiger partial charge in [0.25, 0.3) is 0 Å². The van der Waals surface area contributed by atoms with Crippen LogP contribution >= 0.6 is 0 Å². The zero-order valence-electron chi connectivity index (χ0n) is 28.9. The topological polar surface area (TPSA) is 86.7 Å². The minimum absolute atomic E-state index is 0.144. The Balaban J connectivity index is 1.16. The van der Waals surface area contributed by atoms with E-state index < -0.39 is 18.0 Å². The van der Waals surface area contributed by atoms with Crippen LogP contribution < -0.4 is 9.22 Å². The van der Waals surface area contributed by atoms with Crippen molar-refractivity contribution in [2.24, 2.45) is 0 Å². The smallest absolute Gasteiger partial charge is 0.409 e. The molecule has 1 heterocycles. The number of aliphatic hydroxyl groups is 1. The highest BCUT2D eigenvalue weighted by molar-refractivity contribution is 5.67. The molecule has 0 saturated heterocycles. The molecule has 1 N–H and O–H groups in total. The lowest BCUT2D eigenvalue weighted by atomic mass is 10.0. The van der Waals surface area contributed by atoms with Gasteiger partial charge in [0.1, 0.15) is 17.5 Å². The molecule has 1 unspecified atom stereocenters. The maximum absolute atomic E-state index is 12.5. The number of quaternary nitrogens is 1. The summed E-state index contributed by atoms with van der Waals surface area (Å²) >= 11 is 0. The first-order chi connectivity index (χ1) is 22.5. The number of nitrogens with zero attached hydrogens (tertiary/aromatic N) is 2. The maximum atomic E-state index is 12.5. The molecule has 0 saturated carbocycles. The Kier molecular flexibility index (Phi) is 13.2. The molecule has 256 valence electrons. The second-order valence-corrected chi connectivity index (χ2v) is 13.4. The van der Waals surface area contributed by atoms with Crippen molar-refractivity contribution >= 4 is 11.8 Å². The van der Waals surface area contributed by atoms with Crippen LogP contribution in [0.1, 0.15) is 74.0 Å². The first-order valence-corrected chi connectivity index (χ1v) is 16.6. The van der Waals surface area contributed by atoms with Crippen LogP contribution in [0, 0.1) is 0 Å². The predicted molar refractivity (Wildman–Crippen MR) is 184 cm³/mol. The van der Waals surface area contributed by atoms with Crippen molar-refractivity contribution in [2.75, 3.05) is 61.2 Å². The van der Waals surface area contributed by atoms with Crippen molar-refractivity contribution in [2.45, 2.75) is 64.1 Å². The van der Waals surface area contributed by atoms with Gasteiger partial charge in [-0.25, -0.2) is 4.79 Å². The predicted octanol–water partition coefficient (Wildman–Crippen LogP) is 7.01. The maximum Gasteiger partial charge on any atom is 0.409 e. The van der Waals surface area contributed by atoms with Gasteiger partial charge in [-0.3, -0.25) is 4.48 Å². The standard InChI is InChI=1S/C38H53N2O7/c1-38(2)46-28-32-25-30(19-20-35(32)47-38)34(41)27-39(37(42)43-6)21-12-7-8-13-22-44-23-24-45-36(29-15-10-9-11-16-29)31-17-14-18-33(26-31)40(3,4)5/h9-11,14-20,25-26,34,36,41H,7-8,12-13,21-24,27-28H2,1-6H3/q+1/t34-,36?/m0/s1. The van der Waals surface area contributed by atoms with Gasteiger partial charge in [0, 0.05) is 38.6 Å². The van der Waals surface area contributed by atoms with Crippen molar-refractivity contribution in [3.8, 4) is 5.75 Å². The van der Waals surface area contributed by atoms with Gasteiger partial charge < -0.3 is 33.7 Å². The SMILES string of the molecule is COC(=O)N(CCCCCCOCCOC(c1ccccc1)c1cccc([N+](C)(C)C)c1)C[C@H](O)c1ccc2c(c1)COC(C)(C)O2. The molecule has 1 aliphatic heterocycles. The third-order valence-corrected chi connectivity index (χ3v) is 8.26. The fourth-order valence-electron chi connectivity index (χ4n) is 5.57. The summed E-state index contributed by atoms with van der Waals surface area (Å²) in [5, 5.41) is 10.9. The summed E-state index contributed by atoms with van der Waals surface area (Å²) in [5.74, 6) is 0.0666. The van der Waals surface area contributed by atoms with Crippen molar-refractivity contribution in [3.05, 3.63) is 95.1 Å². The monoisotopic (exact) mass is 649 g/mol. The van der Waals surface area contributed by atoms with Gasteiger partial charge in [0.2, 0.25) is 5.79 Å². The van der Waals surface area contributed by atoms with Gasteiger partial charge in [0.05, 0.1) is 60.7 Å². The Morgan fingerprint density at radius 3 is 2.38 bits per heavy atom. The summed E-state index contributed by atoms with van der Waals surface area (Å²) in [6.07, 6.45) is 2.17. The molecule has 0 fully saturated rings. The van der Waals surface area contributed by atoms with E-state index in [9.17, 15) is 9.90 Å². The third kappa shape index (κ3) is 11.0. The zero-order valence-corrected chi connectivity index (χ0v) is 28.9. The molecule has 0 aromatic heterocycles. The first kappa shape index (κ1) is 36.4. The molecule has 0 aliphatic carbocycles. The van der Waals surface area contributed by atoms with Gasteiger partial charge in [-0.05, 0) is 47.7 Å². The molecule has 9 heteroatoms. The highest BCUT2D eigenvalue weighted by atomic mass is 16.7. The van der Waals surface area contributed by atoms with Crippen LogP contribution in [0.15, 0.2) is 72.8 Å². The Bertz CT molecular complexity index is 1410. The Hall–Kier alpha value is -3.47. The van der Waals surface area contributed by atoms with E-state index in [1.807, 2.05) is 50.2 Å². The third-order valence-electron chi connectivity index (χ3n) is 8.26. The average molecular weight is 650 g/mol. The second kappa shape index (κ2) is 17.1. The highest BCUT2D eigenvalue weighted by Gasteiger charge is 2.28. The summed E-state index contributed by atoms with van der Waals surface area (Å²) in [4.78, 5) is 14.0. The normalized spacial score (nSPS) is 15.3. The summed E-state index contributed by atoms with van der Waals surface area (Å²) in [6.45, 7) is 6.44. The molecule has 2 atom stereocenters. The quantitative estimate of drug-likeness (QED) is 0.124. The molecule has 3 aromatic rings. The van der Waals surface area contributed by atoms with Crippen LogP contribution in [0.5, 0.6) is 5.75 Å². The number of hydrogen-bond donors (Lipinski definition) is 1. The molecule has 4 rings (SSSR count). The van der Waals surface area contributed by atoms with Gasteiger partial charge >= 0.3 is 6.09 Å². The summed E-state index contributed by atoms with van der Waals surface area (Å²) < 4.78 is 29.6. The van der Waals surface area contributed by atoms with Crippen LogP contribution in [-0.2, 0) is 25.6 Å². The van der Waals surface area contributed by atoms with E-state index in [-0.39, 0.29) is 12.6 Å². The number of unbranched alkanes of at least 4 members (excludes halogenated alkanes) is 3. The number of hydrogen-bond acceptors (Lipinski definition) is 7. The lowest BCUT2D eigenvalue weighted by Gasteiger charge is -2.33. The Labute approximate surface area is 280 Å². The molecular weight excluding hydrogens is 596 g/mol. The second-order valence-electron chi connectivity index (χ2n) is 13.4. The molecule has 1 aliphatic rings. The molecule has 1 amide bonds. The van der Waals surface area contributed by atoms with Crippen LogP contribution in [0.3, 0.4) is 0 Å². The van der Waals surface area contributed by atoms with Gasteiger partial charge in [-0.1, -0.05) is 61.4 Å². The number of fused-ring (bicyclic) bond motifs is 1. The average Bonchev–Trinajstić information content (AvgIpc) is 3.05. The Morgan fingerprint density at radius 1 is 0.894 bits per heavy atom. The number of amides is 1. The molecule has 0 radical (unpaired) electrons. The minimum atomic E-state index is -0.854. The molecular formula is C38H53N2O7+. The highest BCUT2D eigenvalue weighted by Crippen LogP contribution is 2.33. The molecule has 0 bridgehead atoms. The van der Waals surface area contributed by atoms with Gasteiger partial charge in [0.15, 0.2) is 0 Å². The molecule has 47 heavy (non-hydrogen) atoms. The number of rotatable bonds is 17. The fourth-order valence-corrected chi connectivity index (χ4v) is 5.57. The van der Waals surface area contributed by atoms with E-state index in [0.717, 1.165) is 52.6 Å².